The third-order valence-corrected chi connectivity index (χ3v) is 5.18. The Morgan fingerprint density at radius 2 is 1.79 bits per heavy atom. The van der Waals surface area contributed by atoms with Crippen molar-refractivity contribution in [1.82, 2.24) is 15.0 Å². The van der Waals surface area contributed by atoms with Crippen LogP contribution in [0.1, 0.15) is 36.5 Å². The number of aryl methyl sites for hydroxylation is 1. The van der Waals surface area contributed by atoms with Gasteiger partial charge in [0.2, 0.25) is 0 Å². The average molecular weight is 339 g/mol. The Balaban J connectivity index is 1.72. The Hall–Kier alpha value is -2.21. The number of benzene rings is 1. The van der Waals surface area contributed by atoms with Crippen molar-refractivity contribution in [3.63, 3.8) is 0 Å². The molecule has 6 heteroatoms. The maximum absolute atomic E-state index is 4.89. The number of nitrogens with one attached hydrogen (secondary N) is 1. The van der Waals surface area contributed by atoms with Crippen LogP contribution in [0, 0.1) is 6.92 Å². The highest BCUT2D eigenvalue weighted by Gasteiger charge is 2.21. The summed E-state index contributed by atoms with van der Waals surface area (Å²) >= 11 is 1.68. The van der Waals surface area contributed by atoms with Gasteiger partial charge in [-0.05, 0) is 38.8 Å². The van der Waals surface area contributed by atoms with Gasteiger partial charge in [-0.25, -0.2) is 15.0 Å². The monoisotopic (exact) mass is 339 g/mol. The minimum absolute atomic E-state index is 0.103. The summed E-state index contributed by atoms with van der Waals surface area (Å²) in [4.78, 5) is 16.7. The molecule has 3 aromatic rings. The van der Waals surface area contributed by atoms with Crippen LogP contribution in [0.4, 0.5) is 11.6 Å². The van der Waals surface area contributed by atoms with Crippen LogP contribution in [0.25, 0.3) is 11.0 Å². The smallest absolute Gasteiger partial charge is 0.172 e. The summed E-state index contributed by atoms with van der Waals surface area (Å²) in [5.74, 6) is 1.82. The van der Waals surface area contributed by atoms with Gasteiger partial charge in [0.25, 0.3) is 0 Å². The molecule has 1 aromatic carbocycles. The molecule has 0 bridgehead atoms. The molecule has 1 aliphatic heterocycles. The number of para-hydroxylation sites is 2. The van der Waals surface area contributed by atoms with E-state index in [-0.39, 0.29) is 6.04 Å². The van der Waals surface area contributed by atoms with Gasteiger partial charge in [0.05, 0.1) is 27.8 Å². The Morgan fingerprint density at radius 1 is 1.08 bits per heavy atom. The molecule has 1 saturated heterocycles. The van der Waals surface area contributed by atoms with Crippen molar-refractivity contribution < 1.29 is 0 Å². The van der Waals surface area contributed by atoms with Gasteiger partial charge in [-0.15, -0.1) is 11.3 Å². The highest BCUT2D eigenvalue weighted by molar-refractivity contribution is 7.09. The fourth-order valence-corrected chi connectivity index (χ4v) is 3.80. The zero-order valence-corrected chi connectivity index (χ0v) is 14.8. The van der Waals surface area contributed by atoms with Crippen LogP contribution < -0.4 is 10.2 Å². The second-order valence-corrected chi connectivity index (χ2v) is 7.30. The molecule has 1 atom stereocenters. The SMILES string of the molecule is Cc1nc(C(C)Nc2nc3ccccc3nc2N2CCCC2)cs1. The summed E-state index contributed by atoms with van der Waals surface area (Å²) in [6.07, 6.45) is 2.43. The number of thiazole rings is 1. The number of hydrogen-bond donors (Lipinski definition) is 1. The molecule has 0 spiro atoms. The molecule has 3 heterocycles. The first kappa shape index (κ1) is 15.3. The van der Waals surface area contributed by atoms with Gasteiger partial charge in [-0.1, -0.05) is 12.1 Å². The first-order valence-electron chi connectivity index (χ1n) is 8.41. The van der Waals surface area contributed by atoms with E-state index >= 15 is 0 Å². The van der Waals surface area contributed by atoms with Crippen LogP contribution in [0.3, 0.4) is 0 Å². The zero-order valence-electron chi connectivity index (χ0n) is 14.0. The Bertz CT molecular complexity index is 853. The van der Waals surface area contributed by atoms with Gasteiger partial charge in [0.15, 0.2) is 11.6 Å². The lowest BCUT2D eigenvalue weighted by Gasteiger charge is -2.22. The van der Waals surface area contributed by atoms with Crippen molar-refractivity contribution in [2.45, 2.75) is 32.7 Å². The van der Waals surface area contributed by atoms with Gasteiger partial charge < -0.3 is 10.2 Å². The Morgan fingerprint density at radius 3 is 2.46 bits per heavy atom. The van der Waals surface area contributed by atoms with Gasteiger partial charge >= 0.3 is 0 Å². The summed E-state index contributed by atoms with van der Waals surface area (Å²) in [6.45, 7) is 6.25. The molecule has 1 N–H and O–H groups in total. The molecule has 4 rings (SSSR count). The van der Waals surface area contributed by atoms with Crippen molar-refractivity contribution in [2.24, 2.45) is 0 Å². The molecule has 0 aliphatic carbocycles. The van der Waals surface area contributed by atoms with E-state index in [4.69, 9.17) is 9.97 Å². The molecular weight excluding hydrogens is 318 g/mol. The predicted molar refractivity (Wildman–Crippen MR) is 99.9 cm³/mol. The van der Waals surface area contributed by atoms with Crippen molar-refractivity contribution in [1.29, 1.82) is 0 Å². The second-order valence-electron chi connectivity index (χ2n) is 6.24. The van der Waals surface area contributed by atoms with Crippen LogP contribution in [-0.2, 0) is 0 Å². The Kier molecular flexibility index (Phi) is 4.06. The first-order valence-corrected chi connectivity index (χ1v) is 9.29. The molecule has 5 nitrogen and oxygen atoms in total. The van der Waals surface area contributed by atoms with E-state index in [1.165, 1.54) is 12.8 Å². The van der Waals surface area contributed by atoms with Gasteiger partial charge in [-0.2, -0.15) is 0 Å². The molecule has 1 aliphatic rings. The fraction of sp³-hybridized carbons (Fsp3) is 0.389. The second kappa shape index (κ2) is 6.36. The highest BCUT2D eigenvalue weighted by Crippen LogP contribution is 2.30. The first-order chi connectivity index (χ1) is 11.7. The lowest BCUT2D eigenvalue weighted by atomic mass is 10.2. The number of fused-ring (bicyclic) bond motifs is 1. The molecule has 124 valence electrons. The summed E-state index contributed by atoms with van der Waals surface area (Å²) in [7, 11) is 0. The zero-order chi connectivity index (χ0) is 16.5. The van der Waals surface area contributed by atoms with Crippen molar-refractivity contribution in [3.05, 3.63) is 40.3 Å². The highest BCUT2D eigenvalue weighted by atomic mass is 32.1. The van der Waals surface area contributed by atoms with Gasteiger partial charge in [0, 0.05) is 18.5 Å². The lowest BCUT2D eigenvalue weighted by Crippen LogP contribution is -2.22. The quantitative estimate of drug-likeness (QED) is 0.773. The van der Waals surface area contributed by atoms with E-state index in [2.05, 4.69) is 27.5 Å². The lowest BCUT2D eigenvalue weighted by molar-refractivity contribution is 0.831. The third kappa shape index (κ3) is 2.94. The van der Waals surface area contributed by atoms with E-state index in [0.717, 1.165) is 46.5 Å². The largest absolute Gasteiger partial charge is 0.359 e. The van der Waals surface area contributed by atoms with Crippen molar-refractivity contribution in [2.75, 3.05) is 23.3 Å². The minimum Gasteiger partial charge on any atom is -0.359 e. The topological polar surface area (TPSA) is 53.9 Å². The van der Waals surface area contributed by atoms with Gasteiger partial charge in [-0.3, -0.25) is 0 Å². The van der Waals surface area contributed by atoms with Crippen LogP contribution >= 0.6 is 11.3 Å². The maximum atomic E-state index is 4.89. The van der Waals surface area contributed by atoms with E-state index < -0.39 is 0 Å². The summed E-state index contributed by atoms with van der Waals surface area (Å²) in [5.41, 5.74) is 2.92. The van der Waals surface area contributed by atoms with E-state index in [9.17, 15) is 0 Å². The molecule has 0 radical (unpaired) electrons. The van der Waals surface area contributed by atoms with E-state index in [1.54, 1.807) is 11.3 Å². The summed E-state index contributed by atoms with van der Waals surface area (Å²) < 4.78 is 0. The average Bonchev–Trinajstić information content (AvgIpc) is 3.26. The van der Waals surface area contributed by atoms with E-state index in [1.807, 2.05) is 31.2 Å². The number of rotatable bonds is 4. The number of hydrogen-bond acceptors (Lipinski definition) is 6. The number of anilines is 2. The molecule has 0 saturated carbocycles. The molecule has 0 amide bonds. The number of nitrogens with zero attached hydrogens (tertiary/aromatic N) is 4. The Labute approximate surface area is 145 Å². The van der Waals surface area contributed by atoms with Crippen LogP contribution in [0.15, 0.2) is 29.6 Å². The van der Waals surface area contributed by atoms with Gasteiger partial charge in [0.1, 0.15) is 0 Å². The fourth-order valence-electron chi connectivity index (χ4n) is 3.10. The number of aromatic nitrogens is 3. The molecule has 2 aromatic heterocycles. The normalized spacial score (nSPS) is 15.8. The minimum atomic E-state index is 0.103. The summed E-state index contributed by atoms with van der Waals surface area (Å²) in [6, 6.07) is 8.16. The molecular formula is C18H21N5S. The van der Waals surface area contributed by atoms with Crippen LogP contribution in [-0.4, -0.2) is 28.0 Å². The van der Waals surface area contributed by atoms with Crippen molar-refractivity contribution in [3.8, 4) is 0 Å². The standard InChI is InChI=1S/C18H21N5S/c1-12(16-11-24-13(2)20-16)19-17-18(23-9-5-6-10-23)22-15-8-4-3-7-14(15)21-17/h3-4,7-8,11-12H,5-6,9-10H2,1-2H3,(H,19,21). The molecule has 1 fully saturated rings. The maximum Gasteiger partial charge on any atom is 0.172 e. The van der Waals surface area contributed by atoms with Crippen LogP contribution in [0.5, 0.6) is 0 Å². The summed E-state index contributed by atoms with van der Waals surface area (Å²) in [5, 5.41) is 6.73. The predicted octanol–water partition coefficient (Wildman–Crippen LogP) is 4.17. The molecule has 1 unspecified atom stereocenters. The van der Waals surface area contributed by atoms with Crippen molar-refractivity contribution >= 4 is 34.0 Å². The molecule has 24 heavy (non-hydrogen) atoms. The van der Waals surface area contributed by atoms with E-state index in [0.29, 0.717) is 0 Å². The third-order valence-electron chi connectivity index (χ3n) is 4.39. The van der Waals surface area contributed by atoms with Crippen LogP contribution in [0.2, 0.25) is 0 Å².